The van der Waals surface area contributed by atoms with Crippen molar-refractivity contribution in [1.29, 1.82) is 0 Å². The molecule has 106 valence electrons. The van der Waals surface area contributed by atoms with E-state index in [0.29, 0.717) is 25.7 Å². The number of benzene rings is 2. The van der Waals surface area contributed by atoms with E-state index in [4.69, 9.17) is 23.1 Å². The third kappa shape index (κ3) is 2.68. The molecule has 5 nitrogen and oxygen atoms in total. The van der Waals surface area contributed by atoms with Crippen molar-refractivity contribution in [2.75, 3.05) is 11.5 Å². The zero-order chi connectivity index (χ0) is 15.0. The summed E-state index contributed by atoms with van der Waals surface area (Å²) in [6.07, 6.45) is 0. The molecule has 21 heavy (non-hydrogen) atoms. The Bertz CT molecular complexity index is 851. The molecule has 1 heterocycles. The van der Waals surface area contributed by atoms with E-state index in [1.165, 1.54) is 0 Å². The lowest BCUT2D eigenvalue weighted by Gasteiger charge is -2.06. The van der Waals surface area contributed by atoms with Crippen LogP contribution in [0.25, 0.3) is 10.9 Å². The van der Waals surface area contributed by atoms with Crippen LogP contribution in [-0.4, -0.2) is 14.2 Å². The summed E-state index contributed by atoms with van der Waals surface area (Å²) in [7, 11) is -1.33. The van der Waals surface area contributed by atoms with Crippen molar-refractivity contribution in [2.45, 2.75) is 9.79 Å². The van der Waals surface area contributed by atoms with Crippen LogP contribution in [0.15, 0.2) is 52.3 Å². The van der Waals surface area contributed by atoms with E-state index in [9.17, 15) is 4.21 Å². The van der Waals surface area contributed by atoms with Gasteiger partial charge in [-0.3, -0.25) is 0 Å². The largest absolute Gasteiger partial charge is 0.383 e. The minimum atomic E-state index is -1.33. The van der Waals surface area contributed by atoms with Gasteiger partial charge in [-0.1, -0.05) is 11.6 Å². The molecule has 0 radical (unpaired) electrons. The van der Waals surface area contributed by atoms with Crippen LogP contribution < -0.4 is 11.5 Å². The maximum atomic E-state index is 12.5. The summed E-state index contributed by atoms with van der Waals surface area (Å²) in [5.41, 5.74) is 12.0. The van der Waals surface area contributed by atoms with Gasteiger partial charge < -0.3 is 11.5 Å². The smallest absolute Gasteiger partial charge is 0.222 e. The molecule has 3 aromatic rings. The highest BCUT2D eigenvalue weighted by Gasteiger charge is 2.10. The molecule has 0 bridgehead atoms. The van der Waals surface area contributed by atoms with E-state index in [-0.39, 0.29) is 11.8 Å². The summed E-state index contributed by atoms with van der Waals surface area (Å²) >= 11 is 5.83. The molecule has 0 amide bonds. The molecule has 1 atom stereocenters. The number of anilines is 2. The Hall–Kier alpha value is -2.18. The minimum absolute atomic E-state index is 0.117. The van der Waals surface area contributed by atoms with E-state index in [1.807, 2.05) is 0 Å². The summed E-state index contributed by atoms with van der Waals surface area (Å²) in [6.45, 7) is 0. The van der Waals surface area contributed by atoms with Gasteiger partial charge in [-0.25, -0.2) is 9.19 Å². The van der Waals surface area contributed by atoms with Crippen LogP contribution >= 0.6 is 11.6 Å². The van der Waals surface area contributed by atoms with Gasteiger partial charge in [0, 0.05) is 20.2 Å². The first kappa shape index (κ1) is 13.8. The van der Waals surface area contributed by atoms with Gasteiger partial charge in [0.2, 0.25) is 5.95 Å². The van der Waals surface area contributed by atoms with Gasteiger partial charge in [0.05, 0.1) is 16.3 Å². The predicted molar refractivity (Wildman–Crippen MR) is 84.5 cm³/mol. The Morgan fingerprint density at radius 2 is 1.62 bits per heavy atom. The van der Waals surface area contributed by atoms with Gasteiger partial charge in [0.1, 0.15) is 5.82 Å². The fraction of sp³-hybridized carbons (Fsp3) is 0. The number of fused-ring (bicyclic) bond motifs is 1. The summed E-state index contributed by atoms with van der Waals surface area (Å²) in [5.74, 6) is 0.388. The summed E-state index contributed by atoms with van der Waals surface area (Å²) in [4.78, 5) is 9.28. The molecule has 2 aromatic carbocycles. The molecule has 4 N–H and O–H groups in total. The van der Waals surface area contributed by atoms with Gasteiger partial charge in [0.15, 0.2) is 0 Å². The quantitative estimate of drug-likeness (QED) is 0.757. The third-order valence-electron chi connectivity index (χ3n) is 2.96. The number of hydrogen-bond acceptors (Lipinski definition) is 5. The molecule has 0 aliphatic heterocycles. The number of halogens is 1. The van der Waals surface area contributed by atoms with Gasteiger partial charge in [-0.2, -0.15) is 4.98 Å². The fourth-order valence-electron chi connectivity index (χ4n) is 1.96. The van der Waals surface area contributed by atoms with Crippen molar-refractivity contribution >= 4 is 45.1 Å². The van der Waals surface area contributed by atoms with Crippen LogP contribution in [0, 0.1) is 0 Å². The molecular formula is C14H11ClN4OS. The first-order valence-electron chi connectivity index (χ1n) is 6.05. The Balaban J connectivity index is 2.08. The van der Waals surface area contributed by atoms with Crippen molar-refractivity contribution in [3.05, 3.63) is 47.5 Å². The maximum absolute atomic E-state index is 12.5. The van der Waals surface area contributed by atoms with Crippen LogP contribution in [0.4, 0.5) is 11.8 Å². The molecule has 0 fully saturated rings. The second-order valence-corrected chi connectivity index (χ2v) is 6.29. The van der Waals surface area contributed by atoms with Crippen molar-refractivity contribution in [1.82, 2.24) is 9.97 Å². The van der Waals surface area contributed by atoms with Crippen LogP contribution in [0.1, 0.15) is 0 Å². The first-order valence-corrected chi connectivity index (χ1v) is 7.57. The Morgan fingerprint density at radius 3 is 2.33 bits per heavy atom. The summed E-state index contributed by atoms with van der Waals surface area (Å²) in [5, 5.41) is 1.23. The van der Waals surface area contributed by atoms with Crippen LogP contribution in [0.5, 0.6) is 0 Å². The summed E-state index contributed by atoms with van der Waals surface area (Å²) in [6, 6.07) is 12.0. The van der Waals surface area contributed by atoms with E-state index in [2.05, 4.69) is 9.97 Å². The van der Waals surface area contributed by atoms with Crippen molar-refractivity contribution in [2.24, 2.45) is 0 Å². The number of aromatic nitrogens is 2. The normalized spacial score (nSPS) is 12.4. The van der Waals surface area contributed by atoms with Gasteiger partial charge in [-0.15, -0.1) is 0 Å². The first-order chi connectivity index (χ1) is 10.0. The molecule has 3 rings (SSSR count). The molecule has 0 aliphatic carbocycles. The van der Waals surface area contributed by atoms with Crippen LogP contribution in [0.2, 0.25) is 5.02 Å². The van der Waals surface area contributed by atoms with E-state index >= 15 is 0 Å². The lowest BCUT2D eigenvalue weighted by Crippen LogP contribution is -2.01. The minimum Gasteiger partial charge on any atom is -0.383 e. The lowest BCUT2D eigenvalue weighted by atomic mass is 10.2. The number of rotatable bonds is 2. The van der Waals surface area contributed by atoms with Crippen molar-refractivity contribution in [3.8, 4) is 0 Å². The molecule has 1 aromatic heterocycles. The van der Waals surface area contributed by atoms with Crippen LogP contribution in [-0.2, 0) is 10.8 Å². The number of hydrogen-bond donors (Lipinski definition) is 2. The average molecular weight is 319 g/mol. The fourth-order valence-corrected chi connectivity index (χ4v) is 3.16. The Kier molecular flexibility index (Phi) is 3.48. The molecule has 7 heteroatoms. The maximum Gasteiger partial charge on any atom is 0.222 e. The summed E-state index contributed by atoms with van der Waals surface area (Å²) < 4.78 is 12.5. The molecule has 0 saturated carbocycles. The highest BCUT2D eigenvalue weighted by Crippen LogP contribution is 2.25. The van der Waals surface area contributed by atoms with E-state index in [1.54, 1.807) is 42.5 Å². The number of nitrogens with two attached hydrogens (primary N) is 2. The molecule has 0 spiro atoms. The molecular weight excluding hydrogens is 308 g/mol. The lowest BCUT2D eigenvalue weighted by molar-refractivity contribution is 0.683. The molecule has 0 aliphatic rings. The Morgan fingerprint density at radius 1 is 0.952 bits per heavy atom. The number of nitrogen functional groups attached to an aromatic ring is 2. The third-order valence-corrected chi connectivity index (χ3v) is 4.59. The van der Waals surface area contributed by atoms with Gasteiger partial charge in [-0.05, 0) is 42.5 Å². The highest BCUT2D eigenvalue weighted by molar-refractivity contribution is 7.85. The second kappa shape index (κ2) is 5.31. The topological polar surface area (TPSA) is 94.9 Å². The number of nitrogens with zero attached hydrogens (tertiary/aromatic N) is 2. The Labute approximate surface area is 128 Å². The predicted octanol–water partition coefficient (Wildman–Crippen LogP) is 2.61. The van der Waals surface area contributed by atoms with Crippen molar-refractivity contribution in [3.63, 3.8) is 0 Å². The average Bonchev–Trinajstić information content (AvgIpc) is 2.47. The second-order valence-electron chi connectivity index (χ2n) is 4.37. The zero-order valence-electron chi connectivity index (χ0n) is 10.8. The zero-order valence-corrected chi connectivity index (χ0v) is 12.4. The molecule has 0 unspecified atom stereocenters. The van der Waals surface area contributed by atoms with E-state index in [0.717, 1.165) is 0 Å². The van der Waals surface area contributed by atoms with Gasteiger partial charge in [0.25, 0.3) is 0 Å². The SMILES string of the molecule is Nc1nc(N)c2cc([S@@](=O)c3ccc(Cl)cc3)ccc2n1. The standard InChI is InChI=1S/C14H11ClN4OS/c15-8-1-3-9(4-2-8)21(20)10-5-6-12-11(7-10)13(16)19-14(17)18-12/h1-7H,(H4,16,17,18,19)/t21-/m0/s1. The van der Waals surface area contributed by atoms with Crippen LogP contribution in [0.3, 0.4) is 0 Å². The monoisotopic (exact) mass is 318 g/mol. The van der Waals surface area contributed by atoms with E-state index < -0.39 is 10.8 Å². The van der Waals surface area contributed by atoms with Gasteiger partial charge >= 0.3 is 0 Å². The van der Waals surface area contributed by atoms with Crippen molar-refractivity contribution < 1.29 is 4.21 Å². The molecule has 0 saturated heterocycles. The highest BCUT2D eigenvalue weighted by atomic mass is 35.5.